The van der Waals surface area contributed by atoms with E-state index in [-0.39, 0.29) is 36.9 Å². The monoisotopic (exact) mass is 636 g/mol. The van der Waals surface area contributed by atoms with E-state index in [0.29, 0.717) is 35.7 Å². The van der Waals surface area contributed by atoms with Gasteiger partial charge in [0, 0.05) is 25.1 Å². The second-order valence-corrected chi connectivity index (χ2v) is 10.8. The van der Waals surface area contributed by atoms with Gasteiger partial charge in [-0.05, 0) is 49.1 Å². The van der Waals surface area contributed by atoms with E-state index in [4.69, 9.17) is 14.2 Å². The molecular formula is C31H39F3N4O7. The lowest BCUT2D eigenvalue weighted by Crippen LogP contribution is -2.52. The van der Waals surface area contributed by atoms with Crippen LogP contribution in [0.3, 0.4) is 0 Å². The molecule has 0 fully saturated rings. The molecule has 0 saturated heterocycles. The number of methoxy groups -OCH3 is 2. The lowest BCUT2D eigenvalue weighted by Gasteiger charge is -2.26. The minimum atomic E-state index is -4.54. The third-order valence-electron chi connectivity index (χ3n) is 7.11. The van der Waals surface area contributed by atoms with Crippen LogP contribution in [0.15, 0.2) is 36.4 Å². The molecule has 2 aromatic carbocycles. The number of amides is 4. The first kappa shape index (κ1) is 35.0. The summed E-state index contributed by atoms with van der Waals surface area (Å²) in [7, 11) is 2.91. The maximum absolute atomic E-state index is 13.3. The average Bonchev–Trinajstić information content (AvgIpc) is 2.99. The van der Waals surface area contributed by atoms with Crippen molar-refractivity contribution in [3.05, 3.63) is 47.5 Å². The number of nitrogens with one attached hydrogen (secondary N) is 3. The summed E-state index contributed by atoms with van der Waals surface area (Å²) in [6, 6.07) is 8.68. The van der Waals surface area contributed by atoms with Gasteiger partial charge in [0.1, 0.15) is 17.5 Å². The number of alkyl halides is 3. The van der Waals surface area contributed by atoms with Gasteiger partial charge in [0.05, 0.1) is 39.3 Å². The summed E-state index contributed by atoms with van der Waals surface area (Å²) in [4.78, 5) is 53.0. The zero-order valence-corrected chi connectivity index (χ0v) is 25.7. The van der Waals surface area contributed by atoms with Crippen molar-refractivity contribution in [3.63, 3.8) is 0 Å². The molecule has 0 aromatic heterocycles. The average molecular weight is 637 g/mol. The van der Waals surface area contributed by atoms with E-state index >= 15 is 0 Å². The number of halogens is 3. The van der Waals surface area contributed by atoms with E-state index in [9.17, 15) is 32.3 Å². The topological polar surface area (TPSA) is 135 Å². The Labute approximate surface area is 259 Å². The highest BCUT2D eigenvalue weighted by Gasteiger charge is 2.31. The third kappa shape index (κ3) is 10.3. The summed E-state index contributed by atoms with van der Waals surface area (Å²) in [5, 5.41) is 8.18. The molecule has 0 aliphatic carbocycles. The van der Waals surface area contributed by atoms with Crippen LogP contribution in [-0.2, 0) is 20.9 Å². The van der Waals surface area contributed by atoms with Gasteiger partial charge in [0.2, 0.25) is 17.7 Å². The molecule has 0 radical (unpaired) electrons. The molecule has 45 heavy (non-hydrogen) atoms. The highest BCUT2D eigenvalue weighted by Crippen LogP contribution is 2.37. The van der Waals surface area contributed by atoms with E-state index < -0.39 is 55.2 Å². The van der Waals surface area contributed by atoms with Crippen molar-refractivity contribution in [1.82, 2.24) is 20.9 Å². The smallest absolute Gasteiger partial charge is 0.389 e. The molecule has 1 atom stereocenters. The van der Waals surface area contributed by atoms with Crippen molar-refractivity contribution >= 4 is 23.6 Å². The zero-order valence-electron chi connectivity index (χ0n) is 25.7. The van der Waals surface area contributed by atoms with E-state index in [0.717, 1.165) is 4.90 Å². The van der Waals surface area contributed by atoms with Crippen molar-refractivity contribution in [1.29, 1.82) is 0 Å². The van der Waals surface area contributed by atoms with E-state index in [1.807, 2.05) is 0 Å². The number of carbonyl (C=O) groups is 4. The first-order valence-electron chi connectivity index (χ1n) is 14.5. The first-order valence-corrected chi connectivity index (χ1v) is 14.5. The second kappa shape index (κ2) is 16.0. The highest BCUT2D eigenvalue weighted by atomic mass is 19.4. The van der Waals surface area contributed by atoms with E-state index in [1.54, 1.807) is 44.2 Å². The molecule has 14 heteroatoms. The molecule has 0 spiro atoms. The Balaban J connectivity index is 1.95. The van der Waals surface area contributed by atoms with Gasteiger partial charge in [-0.2, -0.15) is 13.2 Å². The summed E-state index contributed by atoms with van der Waals surface area (Å²) >= 11 is 0. The second-order valence-electron chi connectivity index (χ2n) is 10.8. The Morgan fingerprint density at radius 1 is 1.02 bits per heavy atom. The lowest BCUT2D eigenvalue weighted by molar-refractivity contribution is -0.150. The van der Waals surface area contributed by atoms with Gasteiger partial charge < -0.3 is 35.1 Å². The van der Waals surface area contributed by atoms with Gasteiger partial charge in [0.15, 0.2) is 11.5 Å². The van der Waals surface area contributed by atoms with Crippen molar-refractivity contribution in [2.75, 3.05) is 33.9 Å². The van der Waals surface area contributed by atoms with Crippen LogP contribution in [0, 0.1) is 5.92 Å². The van der Waals surface area contributed by atoms with Gasteiger partial charge in [-0.15, -0.1) is 0 Å². The lowest BCUT2D eigenvalue weighted by atomic mass is 10.0. The molecule has 0 unspecified atom stereocenters. The van der Waals surface area contributed by atoms with Crippen molar-refractivity contribution in [2.45, 2.75) is 58.3 Å². The van der Waals surface area contributed by atoms with Crippen LogP contribution >= 0.6 is 0 Å². The number of benzene rings is 2. The molecule has 2 bridgehead atoms. The Morgan fingerprint density at radius 3 is 2.42 bits per heavy atom. The Morgan fingerprint density at radius 2 is 1.76 bits per heavy atom. The van der Waals surface area contributed by atoms with Crippen molar-refractivity contribution in [2.24, 2.45) is 5.92 Å². The fraction of sp³-hybridized carbons (Fsp3) is 0.484. The van der Waals surface area contributed by atoms with E-state index in [2.05, 4.69) is 16.0 Å². The van der Waals surface area contributed by atoms with Gasteiger partial charge in [0.25, 0.3) is 5.91 Å². The number of carbonyl (C=O) groups excluding carboxylic acids is 4. The Bertz CT molecular complexity index is 1370. The van der Waals surface area contributed by atoms with Crippen LogP contribution in [0.5, 0.6) is 23.0 Å². The van der Waals surface area contributed by atoms with Crippen molar-refractivity contribution in [3.8, 4) is 23.0 Å². The zero-order chi connectivity index (χ0) is 33.1. The summed E-state index contributed by atoms with van der Waals surface area (Å²) in [5.74, 6) is -1.54. The van der Waals surface area contributed by atoms with Crippen LogP contribution in [0.4, 0.5) is 13.2 Å². The van der Waals surface area contributed by atoms with Gasteiger partial charge >= 0.3 is 6.18 Å². The minimum absolute atomic E-state index is 0.0182. The molecule has 1 aliphatic heterocycles. The fourth-order valence-corrected chi connectivity index (χ4v) is 4.67. The summed E-state index contributed by atoms with van der Waals surface area (Å²) in [6.45, 7) is 3.03. The summed E-state index contributed by atoms with van der Waals surface area (Å²) < 4.78 is 55.6. The van der Waals surface area contributed by atoms with Crippen LogP contribution in [0.1, 0.15) is 55.5 Å². The molecule has 246 valence electrons. The maximum atomic E-state index is 13.3. The first-order chi connectivity index (χ1) is 21.3. The molecule has 3 rings (SSSR count). The number of hydrogen-bond acceptors (Lipinski definition) is 7. The maximum Gasteiger partial charge on any atom is 0.389 e. The number of fused-ring (bicyclic) bond motifs is 3. The molecule has 1 heterocycles. The van der Waals surface area contributed by atoms with Crippen LogP contribution in [0.2, 0.25) is 0 Å². The predicted molar refractivity (Wildman–Crippen MR) is 158 cm³/mol. The number of ether oxygens (including phenoxy) is 3. The molecule has 3 N–H and O–H groups in total. The fourth-order valence-electron chi connectivity index (χ4n) is 4.67. The Kier molecular flexibility index (Phi) is 12.4. The largest absolute Gasteiger partial charge is 0.496 e. The molecule has 1 aliphatic rings. The molecule has 4 amide bonds. The molecule has 11 nitrogen and oxygen atoms in total. The predicted octanol–water partition coefficient (Wildman–Crippen LogP) is 3.95. The molecule has 0 saturated carbocycles. The number of nitrogens with zero attached hydrogens (tertiary/aromatic N) is 1. The van der Waals surface area contributed by atoms with Gasteiger partial charge in [-0.25, -0.2) is 0 Å². The number of hydrogen-bond donors (Lipinski definition) is 3. The summed E-state index contributed by atoms with van der Waals surface area (Å²) in [6.07, 6.45) is -6.00. The number of rotatable bonds is 5. The minimum Gasteiger partial charge on any atom is -0.496 e. The van der Waals surface area contributed by atoms with Gasteiger partial charge in [-0.1, -0.05) is 19.9 Å². The Hall–Kier alpha value is -4.49. The van der Waals surface area contributed by atoms with E-state index in [1.165, 1.54) is 20.3 Å². The van der Waals surface area contributed by atoms with Crippen LogP contribution in [0.25, 0.3) is 0 Å². The van der Waals surface area contributed by atoms with Crippen LogP contribution in [-0.4, -0.2) is 74.6 Å². The van der Waals surface area contributed by atoms with Gasteiger partial charge in [-0.3, -0.25) is 19.2 Å². The van der Waals surface area contributed by atoms with Crippen LogP contribution < -0.4 is 30.2 Å². The quantitative estimate of drug-likeness (QED) is 0.453. The molecule has 2 aromatic rings. The third-order valence-corrected chi connectivity index (χ3v) is 7.11. The SMILES string of the molecule is COc1ccc2cc1Oc1cccc(OC)c1CNC(=O)[C@@H](C(C)C)NC(=O)CN(C(=O)CCC(F)(F)F)CCCCNC2=O. The molecular weight excluding hydrogens is 597 g/mol. The normalized spacial score (nSPS) is 17.3. The van der Waals surface area contributed by atoms with Crippen molar-refractivity contribution < 1.29 is 46.6 Å². The standard InChI is InChI=1S/C31H39F3N4O7/c1-19(2)28-30(42)36-17-21-22(43-3)8-7-9-23(21)45-25-16-20(10-11-24(25)44-4)29(41)35-14-5-6-15-38(18-26(39)37-28)27(40)12-13-31(32,33)34/h7-11,16,19,28H,5-6,12-15,17-18H2,1-4H3,(H,35,41)(H,36,42)(H,37,39)/t28-/m1/s1. The highest BCUT2D eigenvalue weighted by molar-refractivity contribution is 5.95. The summed E-state index contributed by atoms with van der Waals surface area (Å²) in [5.41, 5.74) is 0.744.